The van der Waals surface area contributed by atoms with E-state index >= 15 is 0 Å². The number of hydrogen-bond acceptors (Lipinski definition) is 4. The Morgan fingerprint density at radius 3 is 2.34 bits per heavy atom. The van der Waals surface area contributed by atoms with Crippen molar-refractivity contribution in [2.75, 3.05) is 19.6 Å². The van der Waals surface area contributed by atoms with Crippen LogP contribution in [-0.2, 0) is 16.1 Å². The zero-order valence-electron chi connectivity index (χ0n) is 16.6. The van der Waals surface area contributed by atoms with E-state index in [0.29, 0.717) is 6.54 Å². The molecular weight excluding hydrogens is 425 g/mol. The topological polar surface area (TPSA) is 87.5 Å². The highest BCUT2D eigenvalue weighted by Crippen LogP contribution is 2.15. The Balaban J connectivity index is 0.00000392. The largest absolute Gasteiger partial charge is 0.352 e. The van der Waals surface area contributed by atoms with Crippen LogP contribution in [0.4, 0.5) is 8.78 Å². The lowest BCUT2D eigenvalue weighted by Crippen LogP contribution is -2.50. The van der Waals surface area contributed by atoms with Crippen LogP contribution in [0, 0.1) is 17.6 Å². The van der Waals surface area contributed by atoms with E-state index in [0.717, 1.165) is 37.6 Å². The second-order valence-corrected chi connectivity index (χ2v) is 7.35. The second-order valence-electron chi connectivity index (χ2n) is 7.35. The smallest absolute Gasteiger partial charge is 0.239 e. The molecule has 0 aromatic heterocycles. The summed E-state index contributed by atoms with van der Waals surface area (Å²) in [4.78, 5) is 25.9. The van der Waals surface area contributed by atoms with Crippen molar-refractivity contribution in [3.63, 3.8) is 0 Å². The van der Waals surface area contributed by atoms with Gasteiger partial charge in [-0.25, -0.2) is 8.78 Å². The van der Waals surface area contributed by atoms with Crippen LogP contribution < -0.4 is 16.4 Å². The van der Waals surface area contributed by atoms with Gasteiger partial charge >= 0.3 is 0 Å². The van der Waals surface area contributed by atoms with Crippen LogP contribution in [-0.4, -0.2) is 48.4 Å². The van der Waals surface area contributed by atoms with Gasteiger partial charge in [-0.1, -0.05) is 19.9 Å². The summed E-state index contributed by atoms with van der Waals surface area (Å²) in [5, 5.41) is 5.46. The molecule has 1 aliphatic heterocycles. The van der Waals surface area contributed by atoms with Crippen molar-refractivity contribution in [1.82, 2.24) is 15.5 Å². The van der Waals surface area contributed by atoms with Gasteiger partial charge in [-0.05, 0) is 36.5 Å². The number of likely N-dealkylation sites (tertiary alicyclic amines) is 1. The molecule has 0 radical (unpaired) electrons. The average molecular weight is 455 g/mol. The molecule has 4 N–H and O–H groups in total. The molecule has 0 unspecified atom stereocenters. The monoisotopic (exact) mass is 454 g/mol. The second kappa shape index (κ2) is 13.0. The van der Waals surface area contributed by atoms with Gasteiger partial charge in [0.15, 0.2) is 11.6 Å². The molecule has 1 aromatic carbocycles. The van der Waals surface area contributed by atoms with Crippen molar-refractivity contribution in [3.05, 3.63) is 35.4 Å². The molecule has 0 spiro atoms. The summed E-state index contributed by atoms with van der Waals surface area (Å²) in [5.74, 6) is -2.25. The first-order chi connectivity index (χ1) is 12.8. The van der Waals surface area contributed by atoms with E-state index in [2.05, 4.69) is 15.5 Å². The molecule has 1 fully saturated rings. The number of halogens is 4. The minimum absolute atomic E-state index is 0. The highest BCUT2D eigenvalue weighted by atomic mass is 35.5. The molecule has 2 amide bonds. The van der Waals surface area contributed by atoms with Crippen molar-refractivity contribution in [2.45, 2.75) is 45.3 Å². The van der Waals surface area contributed by atoms with Crippen LogP contribution in [0.1, 0.15) is 32.3 Å². The summed E-state index contributed by atoms with van der Waals surface area (Å²) in [5.41, 5.74) is 6.46. The van der Waals surface area contributed by atoms with Crippen molar-refractivity contribution >= 4 is 36.6 Å². The molecule has 1 aliphatic rings. The molecule has 1 atom stereocenters. The first-order valence-electron chi connectivity index (χ1n) is 9.25. The Labute approximate surface area is 182 Å². The van der Waals surface area contributed by atoms with Crippen molar-refractivity contribution in [3.8, 4) is 0 Å². The van der Waals surface area contributed by atoms with Gasteiger partial charge in [-0.2, -0.15) is 0 Å². The molecule has 10 heteroatoms. The number of carbonyl (C=O) groups excluding carboxylic acids is 2. The van der Waals surface area contributed by atoms with Crippen LogP contribution >= 0.6 is 24.8 Å². The van der Waals surface area contributed by atoms with E-state index in [1.807, 2.05) is 13.8 Å². The third-order valence-electron chi connectivity index (χ3n) is 4.79. The summed E-state index contributed by atoms with van der Waals surface area (Å²) < 4.78 is 26.3. The zero-order chi connectivity index (χ0) is 20.0. The first-order valence-corrected chi connectivity index (χ1v) is 9.25. The van der Waals surface area contributed by atoms with E-state index in [-0.39, 0.29) is 55.1 Å². The Kier molecular flexibility index (Phi) is 12.3. The Bertz CT molecular complexity index is 672. The number of benzene rings is 1. The lowest BCUT2D eigenvalue weighted by Gasteiger charge is -2.32. The summed E-state index contributed by atoms with van der Waals surface area (Å²) in [6.45, 7) is 5.63. The zero-order valence-corrected chi connectivity index (χ0v) is 18.3. The number of carbonyl (C=O) groups is 2. The fraction of sp³-hybridized carbons (Fsp3) is 0.579. The van der Waals surface area contributed by atoms with E-state index < -0.39 is 17.7 Å². The molecule has 0 aliphatic carbocycles. The predicted octanol–water partition coefficient (Wildman–Crippen LogP) is 1.99. The molecule has 29 heavy (non-hydrogen) atoms. The number of hydrogen-bond donors (Lipinski definition) is 3. The highest BCUT2D eigenvalue weighted by molar-refractivity contribution is 5.87. The standard InChI is InChI=1S/C19H28F2N4O2.2ClH/c1-12(2)18(22)19(27)23-10-17(26)24-14-5-7-25(8-6-14)11-13-3-4-15(20)16(21)9-13;;/h3-4,9,12,14,18H,5-8,10-11,22H2,1-2H3,(H,23,27)(H,24,26);2*1H/t18-;;/m0../s1. The number of nitrogens with zero attached hydrogens (tertiary/aromatic N) is 1. The maximum atomic E-state index is 13.3. The van der Waals surface area contributed by atoms with E-state index in [1.54, 1.807) is 6.07 Å². The van der Waals surface area contributed by atoms with Gasteiger partial charge in [0.2, 0.25) is 11.8 Å². The number of amides is 2. The molecule has 1 heterocycles. The molecular formula is C19H30Cl2F2N4O2. The number of rotatable bonds is 7. The van der Waals surface area contributed by atoms with Gasteiger partial charge < -0.3 is 16.4 Å². The van der Waals surface area contributed by atoms with E-state index in [1.165, 1.54) is 6.07 Å². The molecule has 2 rings (SSSR count). The maximum Gasteiger partial charge on any atom is 0.239 e. The molecule has 6 nitrogen and oxygen atoms in total. The van der Waals surface area contributed by atoms with E-state index in [4.69, 9.17) is 5.73 Å². The predicted molar refractivity (Wildman–Crippen MR) is 113 cm³/mol. The Morgan fingerprint density at radius 1 is 1.17 bits per heavy atom. The SMILES string of the molecule is CC(C)[C@H](N)C(=O)NCC(=O)NC1CCN(Cc2ccc(F)c(F)c2)CC1.Cl.Cl. The van der Waals surface area contributed by atoms with Gasteiger partial charge in [0.1, 0.15) is 0 Å². The number of piperidine rings is 1. The summed E-state index contributed by atoms with van der Waals surface area (Å²) >= 11 is 0. The quantitative estimate of drug-likeness (QED) is 0.587. The minimum atomic E-state index is -0.846. The number of nitrogens with one attached hydrogen (secondary N) is 2. The van der Waals surface area contributed by atoms with Crippen molar-refractivity contribution < 1.29 is 18.4 Å². The van der Waals surface area contributed by atoms with Crippen LogP contribution in [0.5, 0.6) is 0 Å². The molecule has 0 bridgehead atoms. The lowest BCUT2D eigenvalue weighted by atomic mass is 10.0. The van der Waals surface area contributed by atoms with Crippen LogP contribution in [0.15, 0.2) is 18.2 Å². The number of nitrogens with two attached hydrogens (primary N) is 1. The maximum absolute atomic E-state index is 13.3. The third kappa shape index (κ3) is 8.82. The van der Waals surface area contributed by atoms with Crippen molar-refractivity contribution in [2.24, 2.45) is 11.7 Å². The van der Waals surface area contributed by atoms with Crippen LogP contribution in [0.3, 0.4) is 0 Å². The summed E-state index contributed by atoms with van der Waals surface area (Å²) in [7, 11) is 0. The Hall–Kier alpha value is -1.48. The van der Waals surface area contributed by atoms with Gasteiger partial charge in [0.25, 0.3) is 0 Å². The molecule has 1 aromatic rings. The van der Waals surface area contributed by atoms with Crippen LogP contribution in [0.2, 0.25) is 0 Å². The lowest BCUT2D eigenvalue weighted by molar-refractivity contribution is -0.127. The van der Waals surface area contributed by atoms with Gasteiger partial charge in [0, 0.05) is 25.7 Å². The summed E-state index contributed by atoms with van der Waals surface area (Å²) in [6.07, 6.45) is 1.52. The normalized spacial score (nSPS) is 15.8. The van der Waals surface area contributed by atoms with E-state index in [9.17, 15) is 18.4 Å². The first kappa shape index (κ1) is 27.5. The highest BCUT2D eigenvalue weighted by Gasteiger charge is 2.22. The Morgan fingerprint density at radius 2 is 1.79 bits per heavy atom. The molecule has 0 saturated carbocycles. The molecule has 166 valence electrons. The van der Waals surface area contributed by atoms with Crippen LogP contribution in [0.25, 0.3) is 0 Å². The summed E-state index contributed by atoms with van der Waals surface area (Å²) in [6, 6.07) is 3.34. The molecule has 1 saturated heterocycles. The third-order valence-corrected chi connectivity index (χ3v) is 4.79. The van der Waals surface area contributed by atoms with Gasteiger partial charge in [-0.15, -0.1) is 24.8 Å². The van der Waals surface area contributed by atoms with Gasteiger partial charge in [-0.3, -0.25) is 14.5 Å². The minimum Gasteiger partial charge on any atom is -0.352 e. The average Bonchev–Trinajstić information content (AvgIpc) is 2.63. The fourth-order valence-electron chi connectivity index (χ4n) is 3.00. The fourth-order valence-corrected chi connectivity index (χ4v) is 3.00. The van der Waals surface area contributed by atoms with Crippen molar-refractivity contribution in [1.29, 1.82) is 0 Å². The van der Waals surface area contributed by atoms with Gasteiger partial charge in [0.05, 0.1) is 12.6 Å².